The molecule has 2 unspecified atom stereocenters. The zero-order chi connectivity index (χ0) is 14.0. The number of benzene rings is 1. The first kappa shape index (κ1) is 13.5. The minimum absolute atomic E-state index is 0.0387. The molecule has 1 aromatic carbocycles. The van der Waals surface area contributed by atoms with Gasteiger partial charge in [-0.05, 0) is 39.2 Å². The molecule has 0 saturated carbocycles. The van der Waals surface area contributed by atoms with Crippen molar-refractivity contribution < 1.29 is 9.72 Å². The minimum atomic E-state index is -0.472. The third kappa shape index (κ3) is 2.75. The molecule has 0 N–H and O–H groups in total. The fraction of sp³-hybridized carbons (Fsp3) is 0.500. The number of piperidine rings is 1. The molecule has 0 spiro atoms. The van der Waals surface area contributed by atoms with Gasteiger partial charge >= 0.3 is 0 Å². The third-order valence-corrected chi connectivity index (χ3v) is 3.73. The lowest BCUT2D eigenvalue weighted by Gasteiger charge is -2.39. The molecule has 1 saturated heterocycles. The number of likely N-dealkylation sites (tertiary alicyclic amines) is 1. The SMILES string of the molecule is CC1CCCC(C)N1C(=O)c1cccc([N+](=O)[O-])c1. The van der Waals surface area contributed by atoms with Gasteiger partial charge in [-0.1, -0.05) is 6.07 Å². The van der Waals surface area contributed by atoms with Gasteiger partial charge < -0.3 is 4.90 Å². The second-order valence-corrected chi connectivity index (χ2v) is 5.15. The maximum absolute atomic E-state index is 12.5. The molecule has 1 amide bonds. The summed E-state index contributed by atoms with van der Waals surface area (Å²) in [6, 6.07) is 6.34. The summed E-state index contributed by atoms with van der Waals surface area (Å²) in [5.41, 5.74) is 0.359. The van der Waals surface area contributed by atoms with Gasteiger partial charge in [0, 0.05) is 29.8 Å². The Balaban J connectivity index is 2.27. The van der Waals surface area contributed by atoms with Crippen molar-refractivity contribution in [1.82, 2.24) is 4.90 Å². The average molecular weight is 262 g/mol. The molecule has 5 heteroatoms. The number of hydrogen-bond donors (Lipinski definition) is 0. The molecular formula is C14H18N2O3. The van der Waals surface area contributed by atoms with Crippen LogP contribution in [0.4, 0.5) is 5.69 Å². The van der Waals surface area contributed by atoms with E-state index in [1.54, 1.807) is 12.1 Å². The van der Waals surface area contributed by atoms with E-state index in [9.17, 15) is 14.9 Å². The Morgan fingerprint density at radius 2 is 1.95 bits per heavy atom. The Bertz CT molecular complexity index is 491. The number of non-ortho nitro benzene ring substituents is 1. The van der Waals surface area contributed by atoms with Crippen molar-refractivity contribution in [3.63, 3.8) is 0 Å². The molecule has 1 aliphatic rings. The predicted molar refractivity (Wildman–Crippen MR) is 72.0 cm³/mol. The first-order valence-corrected chi connectivity index (χ1v) is 6.58. The summed E-state index contributed by atoms with van der Waals surface area (Å²) in [7, 11) is 0. The molecule has 1 aromatic rings. The lowest BCUT2D eigenvalue weighted by molar-refractivity contribution is -0.384. The van der Waals surface area contributed by atoms with Crippen molar-refractivity contribution >= 4 is 11.6 Å². The molecule has 2 atom stereocenters. The van der Waals surface area contributed by atoms with Gasteiger partial charge in [0.2, 0.25) is 0 Å². The second-order valence-electron chi connectivity index (χ2n) is 5.15. The second kappa shape index (κ2) is 5.38. The van der Waals surface area contributed by atoms with Gasteiger partial charge in [0.15, 0.2) is 0 Å². The van der Waals surface area contributed by atoms with Gasteiger partial charge in [0.05, 0.1) is 4.92 Å². The van der Waals surface area contributed by atoms with Crippen LogP contribution in [0.1, 0.15) is 43.5 Å². The molecule has 19 heavy (non-hydrogen) atoms. The normalized spacial score (nSPS) is 23.2. The van der Waals surface area contributed by atoms with Crippen LogP contribution >= 0.6 is 0 Å². The summed E-state index contributed by atoms with van der Waals surface area (Å²) in [4.78, 5) is 24.6. The van der Waals surface area contributed by atoms with Gasteiger partial charge in [-0.2, -0.15) is 0 Å². The minimum Gasteiger partial charge on any atom is -0.333 e. The third-order valence-electron chi connectivity index (χ3n) is 3.73. The van der Waals surface area contributed by atoms with Crippen molar-refractivity contribution in [1.29, 1.82) is 0 Å². The highest BCUT2D eigenvalue weighted by Crippen LogP contribution is 2.25. The topological polar surface area (TPSA) is 63.5 Å². The molecule has 0 aliphatic carbocycles. The Labute approximate surface area is 112 Å². The fourth-order valence-corrected chi connectivity index (χ4v) is 2.72. The predicted octanol–water partition coefficient (Wildman–Crippen LogP) is 3.00. The Morgan fingerprint density at radius 3 is 2.53 bits per heavy atom. The highest BCUT2D eigenvalue weighted by molar-refractivity contribution is 5.95. The highest BCUT2D eigenvalue weighted by Gasteiger charge is 2.30. The van der Waals surface area contributed by atoms with E-state index in [0.29, 0.717) is 5.56 Å². The molecule has 0 bridgehead atoms. The van der Waals surface area contributed by atoms with E-state index in [-0.39, 0.29) is 23.7 Å². The summed E-state index contributed by atoms with van der Waals surface area (Å²) in [6.45, 7) is 4.07. The van der Waals surface area contributed by atoms with Crippen LogP contribution in [0.25, 0.3) is 0 Å². The quantitative estimate of drug-likeness (QED) is 0.608. The standard InChI is InChI=1S/C14H18N2O3/c1-10-5-3-6-11(2)15(10)14(17)12-7-4-8-13(9-12)16(18)19/h4,7-11H,3,5-6H2,1-2H3. The summed E-state index contributed by atoms with van der Waals surface area (Å²) in [5, 5.41) is 10.8. The van der Waals surface area contributed by atoms with Crippen LogP contribution in [0.2, 0.25) is 0 Å². The summed E-state index contributed by atoms with van der Waals surface area (Å²) in [5.74, 6) is -0.108. The molecule has 1 fully saturated rings. The lowest BCUT2D eigenvalue weighted by Crippen LogP contribution is -2.47. The first-order valence-electron chi connectivity index (χ1n) is 6.58. The average Bonchev–Trinajstić information content (AvgIpc) is 2.38. The summed E-state index contributed by atoms with van der Waals surface area (Å²) in [6.07, 6.45) is 3.11. The molecule has 1 aliphatic heterocycles. The number of nitro benzene ring substituents is 1. The van der Waals surface area contributed by atoms with Gasteiger partial charge in [0.1, 0.15) is 0 Å². The molecule has 0 aromatic heterocycles. The van der Waals surface area contributed by atoms with Crippen LogP contribution in [0.3, 0.4) is 0 Å². The number of amides is 1. The fourth-order valence-electron chi connectivity index (χ4n) is 2.72. The van der Waals surface area contributed by atoms with E-state index in [4.69, 9.17) is 0 Å². The number of carbonyl (C=O) groups is 1. The zero-order valence-corrected chi connectivity index (χ0v) is 11.2. The Hall–Kier alpha value is -1.91. The van der Waals surface area contributed by atoms with Crippen LogP contribution in [0, 0.1) is 10.1 Å². The smallest absolute Gasteiger partial charge is 0.270 e. The number of carbonyl (C=O) groups excluding carboxylic acids is 1. The van der Waals surface area contributed by atoms with Crippen LogP contribution in [0.15, 0.2) is 24.3 Å². The highest BCUT2D eigenvalue weighted by atomic mass is 16.6. The van der Waals surface area contributed by atoms with Gasteiger partial charge in [-0.25, -0.2) is 0 Å². The van der Waals surface area contributed by atoms with Crippen LogP contribution in [-0.2, 0) is 0 Å². The summed E-state index contributed by atoms with van der Waals surface area (Å²) < 4.78 is 0. The zero-order valence-electron chi connectivity index (χ0n) is 11.2. The molecular weight excluding hydrogens is 244 g/mol. The van der Waals surface area contributed by atoms with Crippen molar-refractivity contribution in [2.24, 2.45) is 0 Å². The molecule has 2 rings (SSSR count). The Morgan fingerprint density at radius 1 is 1.32 bits per heavy atom. The van der Waals surface area contributed by atoms with Crippen molar-refractivity contribution in [3.05, 3.63) is 39.9 Å². The van der Waals surface area contributed by atoms with Gasteiger partial charge in [-0.15, -0.1) is 0 Å². The monoisotopic (exact) mass is 262 g/mol. The van der Waals surface area contributed by atoms with E-state index >= 15 is 0 Å². The van der Waals surface area contributed by atoms with Gasteiger partial charge in [0.25, 0.3) is 11.6 Å². The molecule has 1 heterocycles. The largest absolute Gasteiger partial charge is 0.333 e. The van der Waals surface area contributed by atoms with Crippen LogP contribution < -0.4 is 0 Å². The summed E-state index contributed by atoms with van der Waals surface area (Å²) >= 11 is 0. The number of nitro groups is 1. The molecule has 102 valence electrons. The first-order chi connectivity index (χ1) is 9.00. The van der Waals surface area contributed by atoms with Crippen molar-refractivity contribution in [3.8, 4) is 0 Å². The van der Waals surface area contributed by atoms with E-state index in [2.05, 4.69) is 0 Å². The molecule has 0 radical (unpaired) electrons. The van der Waals surface area contributed by atoms with Crippen LogP contribution in [-0.4, -0.2) is 27.8 Å². The van der Waals surface area contributed by atoms with E-state index in [1.165, 1.54) is 12.1 Å². The molecule has 5 nitrogen and oxygen atoms in total. The van der Waals surface area contributed by atoms with Crippen molar-refractivity contribution in [2.75, 3.05) is 0 Å². The van der Waals surface area contributed by atoms with Crippen molar-refractivity contribution in [2.45, 2.75) is 45.2 Å². The number of hydrogen-bond acceptors (Lipinski definition) is 3. The van der Waals surface area contributed by atoms with E-state index < -0.39 is 4.92 Å². The van der Waals surface area contributed by atoms with E-state index in [1.807, 2.05) is 18.7 Å². The lowest BCUT2D eigenvalue weighted by atomic mass is 9.96. The Kier molecular flexibility index (Phi) is 3.83. The number of nitrogens with zero attached hydrogens (tertiary/aromatic N) is 2. The maximum Gasteiger partial charge on any atom is 0.270 e. The van der Waals surface area contributed by atoms with Crippen LogP contribution in [0.5, 0.6) is 0 Å². The maximum atomic E-state index is 12.5. The van der Waals surface area contributed by atoms with E-state index in [0.717, 1.165) is 19.3 Å². The number of rotatable bonds is 2. The van der Waals surface area contributed by atoms with Gasteiger partial charge in [-0.3, -0.25) is 14.9 Å².